The molecule has 10 heteroatoms. The number of aryl methyl sites for hydroxylation is 2. The summed E-state index contributed by atoms with van der Waals surface area (Å²) in [6.07, 6.45) is 10.7. The number of carbonyl (C=O) groups excluding carboxylic acids is 1. The third-order valence-corrected chi connectivity index (χ3v) is 8.08. The molecule has 4 heterocycles. The van der Waals surface area contributed by atoms with Gasteiger partial charge < -0.3 is 20.9 Å². The number of rotatable bonds is 8. The fourth-order valence-corrected chi connectivity index (χ4v) is 5.92. The van der Waals surface area contributed by atoms with Gasteiger partial charge in [0.2, 0.25) is 0 Å². The molecule has 5 aromatic rings. The number of pyridine rings is 1. The Bertz CT molecular complexity index is 1710. The van der Waals surface area contributed by atoms with Crippen LogP contribution < -0.4 is 20.9 Å². The van der Waals surface area contributed by atoms with E-state index in [2.05, 4.69) is 37.0 Å². The molecule has 41 heavy (non-hydrogen) atoms. The predicted octanol–water partition coefficient (Wildman–Crippen LogP) is 4.44. The number of nitrogens with zero attached hydrogens (tertiary/aromatic N) is 6. The van der Waals surface area contributed by atoms with Gasteiger partial charge in [0.05, 0.1) is 11.1 Å². The first kappa shape index (κ1) is 25.5. The van der Waals surface area contributed by atoms with E-state index in [1.54, 1.807) is 15.6 Å². The lowest BCUT2D eigenvalue weighted by atomic mass is 10.0. The van der Waals surface area contributed by atoms with Gasteiger partial charge in [0, 0.05) is 92.1 Å². The lowest BCUT2D eigenvalue weighted by molar-refractivity contribution is 0.102. The first-order valence-electron chi connectivity index (χ1n) is 14.4. The molecule has 3 N–H and O–H groups in total. The molecule has 0 radical (unpaired) electrons. The Morgan fingerprint density at radius 1 is 0.927 bits per heavy atom. The van der Waals surface area contributed by atoms with E-state index in [0.717, 1.165) is 70.8 Å². The summed E-state index contributed by atoms with van der Waals surface area (Å²) in [6, 6.07) is 15.0. The van der Waals surface area contributed by atoms with Crippen LogP contribution >= 0.6 is 0 Å². The summed E-state index contributed by atoms with van der Waals surface area (Å²) in [7, 11) is 3.81. The standard InChI is InChI=1S/C31H35N9O/c1-38-18-21-16-24(15-20(29(21)36-38)17-33-28-5-3-4-12-32-28)35-31(41)25-8-9-27(26-19-39(2)37-30(25)26)40-13-10-23(11-14-40)34-22-6-7-22/h3-5,8-9,12,15-16,18-19,22-23,34H,6-7,10-11,13-14,17H2,1-2H3,(H,32,33)(H,35,41). The molecular weight excluding hydrogens is 514 g/mol. The molecule has 1 amide bonds. The molecule has 0 spiro atoms. The second kappa shape index (κ2) is 10.5. The van der Waals surface area contributed by atoms with Crippen LogP contribution in [0.1, 0.15) is 41.6 Å². The first-order valence-corrected chi connectivity index (χ1v) is 14.4. The molecule has 10 nitrogen and oxygen atoms in total. The van der Waals surface area contributed by atoms with Gasteiger partial charge >= 0.3 is 0 Å². The van der Waals surface area contributed by atoms with Gasteiger partial charge in [-0.2, -0.15) is 10.2 Å². The molecule has 1 saturated carbocycles. The monoisotopic (exact) mass is 549 g/mol. The van der Waals surface area contributed by atoms with E-state index in [1.807, 2.05) is 62.9 Å². The lowest BCUT2D eigenvalue weighted by Gasteiger charge is -2.34. The zero-order chi connectivity index (χ0) is 27.9. The van der Waals surface area contributed by atoms with Crippen molar-refractivity contribution >= 4 is 44.9 Å². The van der Waals surface area contributed by atoms with Crippen molar-refractivity contribution in [3.05, 3.63) is 72.2 Å². The number of hydrogen-bond donors (Lipinski definition) is 3. The summed E-state index contributed by atoms with van der Waals surface area (Å²) >= 11 is 0. The number of aromatic nitrogens is 5. The molecule has 210 valence electrons. The average molecular weight is 550 g/mol. The number of benzene rings is 2. The van der Waals surface area contributed by atoms with Gasteiger partial charge in [-0.3, -0.25) is 14.2 Å². The quantitative estimate of drug-likeness (QED) is 0.263. The van der Waals surface area contributed by atoms with Crippen LogP contribution in [-0.2, 0) is 20.6 Å². The molecule has 1 saturated heterocycles. The van der Waals surface area contributed by atoms with Crippen LogP contribution in [-0.4, -0.2) is 55.6 Å². The van der Waals surface area contributed by atoms with E-state index < -0.39 is 0 Å². The lowest BCUT2D eigenvalue weighted by Crippen LogP contribution is -2.43. The van der Waals surface area contributed by atoms with Crippen LogP contribution in [0.15, 0.2) is 61.1 Å². The van der Waals surface area contributed by atoms with E-state index in [-0.39, 0.29) is 5.91 Å². The van der Waals surface area contributed by atoms with Crippen molar-refractivity contribution in [2.75, 3.05) is 28.6 Å². The highest BCUT2D eigenvalue weighted by Crippen LogP contribution is 2.32. The Balaban J connectivity index is 1.13. The zero-order valence-corrected chi connectivity index (χ0v) is 23.5. The Morgan fingerprint density at radius 2 is 1.71 bits per heavy atom. The highest BCUT2D eigenvalue weighted by atomic mass is 16.1. The maximum absolute atomic E-state index is 13.7. The molecule has 3 aromatic heterocycles. The van der Waals surface area contributed by atoms with Crippen molar-refractivity contribution < 1.29 is 4.79 Å². The summed E-state index contributed by atoms with van der Waals surface area (Å²) < 4.78 is 3.59. The summed E-state index contributed by atoms with van der Waals surface area (Å²) in [5, 5.41) is 21.6. The number of anilines is 3. The summed E-state index contributed by atoms with van der Waals surface area (Å²) in [5.41, 5.74) is 5.01. The van der Waals surface area contributed by atoms with Gasteiger partial charge in [-0.05, 0) is 62.1 Å². The summed E-state index contributed by atoms with van der Waals surface area (Å²) in [5.74, 6) is 0.603. The minimum Gasteiger partial charge on any atom is -0.371 e. The maximum atomic E-state index is 13.7. The number of nitrogens with one attached hydrogen (secondary N) is 3. The van der Waals surface area contributed by atoms with Gasteiger partial charge in [0.15, 0.2) is 0 Å². The normalized spacial score (nSPS) is 16.0. The maximum Gasteiger partial charge on any atom is 0.257 e. The fraction of sp³-hybridized carbons (Fsp3) is 0.355. The van der Waals surface area contributed by atoms with Crippen LogP contribution in [0.3, 0.4) is 0 Å². The Kier molecular flexibility index (Phi) is 6.54. The first-order chi connectivity index (χ1) is 20.0. The highest BCUT2D eigenvalue weighted by Gasteiger charge is 2.28. The molecule has 0 bridgehead atoms. The van der Waals surface area contributed by atoms with Crippen molar-refractivity contribution in [3.8, 4) is 0 Å². The van der Waals surface area contributed by atoms with Gasteiger partial charge in [-0.1, -0.05) is 6.07 Å². The van der Waals surface area contributed by atoms with E-state index in [0.29, 0.717) is 23.8 Å². The van der Waals surface area contributed by atoms with Crippen LogP contribution in [0.2, 0.25) is 0 Å². The Hall–Kier alpha value is -4.44. The van der Waals surface area contributed by atoms with E-state index in [1.165, 1.54) is 12.8 Å². The highest BCUT2D eigenvalue weighted by molar-refractivity contribution is 6.14. The van der Waals surface area contributed by atoms with Crippen molar-refractivity contribution in [1.29, 1.82) is 0 Å². The van der Waals surface area contributed by atoms with Crippen molar-refractivity contribution in [1.82, 2.24) is 29.9 Å². The van der Waals surface area contributed by atoms with Crippen molar-refractivity contribution in [3.63, 3.8) is 0 Å². The average Bonchev–Trinajstić information content (AvgIpc) is 3.57. The number of fused-ring (bicyclic) bond motifs is 2. The summed E-state index contributed by atoms with van der Waals surface area (Å²) in [6.45, 7) is 2.53. The SMILES string of the molecule is Cn1cc2cc(NC(=O)c3ccc(N4CCC(NC5CC5)CC4)c4cn(C)nc34)cc(CNc3ccccn3)c2n1. The predicted molar refractivity (Wildman–Crippen MR) is 162 cm³/mol. The molecule has 1 aliphatic carbocycles. The fourth-order valence-electron chi connectivity index (χ4n) is 5.92. The van der Waals surface area contributed by atoms with Crippen molar-refractivity contribution in [2.24, 2.45) is 14.1 Å². The van der Waals surface area contributed by atoms with Gasteiger partial charge in [0.25, 0.3) is 5.91 Å². The third kappa shape index (κ3) is 5.35. The Morgan fingerprint density at radius 3 is 2.49 bits per heavy atom. The van der Waals surface area contributed by atoms with Gasteiger partial charge in [-0.15, -0.1) is 0 Å². The molecule has 2 aliphatic rings. The molecule has 1 aliphatic heterocycles. The summed E-state index contributed by atoms with van der Waals surface area (Å²) in [4.78, 5) is 20.5. The van der Waals surface area contributed by atoms with Gasteiger partial charge in [-0.25, -0.2) is 4.98 Å². The number of piperidine rings is 1. The molecule has 0 unspecified atom stereocenters. The van der Waals surface area contributed by atoms with E-state index in [4.69, 9.17) is 5.10 Å². The zero-order valence-electron chi connectivity index (χ0n) is 23.5. The minimum atomic E-state index is -0.181. The molecule has 2 aromatic carbocycles. The molecular formula is C31H35N9O. The molecule has 2 fully saturated rings. The smallest absolute Gasteiger partial charge is 0.257 e. The topological polar surface area (TPSA) is 105 Å². The van der Waals surface area contributed by atoms with E-state index >= 15 is 0 Å². The molecule has 7 rings (SSSR count). The number of carbonyl (C=O) groups is 1. The Labute approximate surface area is 238 Å². The van der Waals surface area contributed by atoms with Crippen LogP contribution in [0.4, 0.5) is 17.2 Å². The van der Waals surface area contributed by atoms with Crippen molar-refractivity contribution in [2.45, 2.75) is 44.3 Å². The molecule has 0 atom stereocenters. The van der Waals surface area contributed by atoms with Crippen LogP contribution in [0, 0.1) is 0 Å². The number of amides is 1. The van der Waals surface area contributed by atoms with Gasteiger partial charge in [0.1, 0.15) is 11.3 Å². The second-order valence-electron chi connectivity index (χ2n) is 11.3. The third-order valence-electron chi connectivity index (χ3n) is 8.08. The van der Waals surface area contributed by atoms with Crippen LogP contribution in [0.5, 0.6) is 0 Å². The van der Waals surface area contributed by atoms with Crippen LogP contribution in [0.25, 0.3) is 21.8 Å². The second-order valence-corrected chi connectivity index (χ2v) is 11.3. The number of hydrogen-bond acceptors (Lipinski definition) is 7. The van der Waals surface area contributed by atoms with E-state index in [9.17, 15) is 4.79 Å². The minimum absolute atomic E-state index is 0.181. The largest absolute Gasteiger partial charge is 0.371 e.